The Bertz CT molecular complexity index is 919. The van der Waals surface area contributed by atoms with Crippen molar-refractivity contribution >= 4 is 11.9 Å². The summed E-state index contributed by atoms with van der Waals surface area (Å²) in [6, 6.07) is 8.73. The number of guanidine groups is 1. The summed E-state index contributed by atoms with van der Waals surface area (Å²) in [5.74, 6) is 1.74. The van der Waals surface area contributed by atoms with Crippen molar-refractivity contribution in [3.8, 4) is 6.07 Å². The zero-order valence-electron chi connectivity index (χ0n) is 20.1. The Balaban J connectivity index is 1.51. The number of fused-ring (bicyclic) bond motifs is 2. The maximum absolute atomic E-state index is 13.8. The quantitative estimate of drug-likeness (QED) is 0.472. The maximum atomic E-state index is 13.8. The summed E-state index contributed by atoms with van der Waals surface area (Å²) >= 11 is 0. The van der Waals surface area contributed by atoms with Gasteiger partial charge in [0, 0.05) is 25.7 Å². The molecule has 1 aliphatic carbocycles. The molecule has 4 N–H and O–H groups in total. The summed E-state index contributed by atoms with van der Waals surface area (Å²) in [6.45, 7) is 8.04. The lowest BCUT2D eigenvalue weighted by Crippen LogP contribution is -2.58. The van der Waals surface area contributed by atoms with Gasteiger partial charge in [0.1, 0.15) is 0 Å². The van der Waals surface area contributed by atoms with Crippen molar-refractivity contribution in [2.24, 2.45) is 17.6 Å². The average molecular weight is 451 g/mol. The fourth-order valence-corrected chi connectivity index (χ4v) is 6.35. The van der Waals surface area contributed by atoms with Crippen LogP contribution < -0.4 is 11.1 Å². The number of hydrogen-bond acceptors (Lipinski definition) is 4. The van der Waals surface area contributed by atoms with Gasteiger partial charge in [-0.05, 0) is 86.7 Å². The molecule has 2 fully saturated rings. The number of benzene rings is 1. The normalized spacial score (nSPS) is 25.0. The molecule has 3 aliphatic rings. The lowest BCUT2D eigenvalue weighted by Gasteiger charge is -2.49. The summed E-state index contributed by atoms with van der Waals surface area (Å²) in [6.07, 6.45) is 6.83. The molecule has 7 heteroatoms. The van der Waals surface area contributed by atoms with Gasteiger partial charge in [0.15, 0.2) is 5.96 Å². The molecule has 1 saturated carbocycles. The highest BCUT2D eigenvalue weighted by Gasteiger charge is 2.49. The Morgan fingerprint density at radius 3 is 2.58 bits per heavy atom. The first-order chi connectivity index (χ1) is 15.8. The first-order valence-electron chi connectivity index (χ1n) is 12.5. The van der Waals surface area contributed by atoms with E-state index in [1.54, 1.807) is 0 Å². The fraction of sp³-hybridized carbons (Fsp3) is 0.654. The van der Waals surface area contributed by atoms with Crippen LogP contribution in [-0.2, 0) is 16.8 Å². The molecule has 0 radical (unpaired) electrons. The van der Waals surface area contributed by atoms with Crippen molar-refractivity contribution in [3.05, 3.63) is 34.9 Å². The minimum Gasteiger partial charge on any atom is -0.370 e. The largest absolute Gasteiger partial charge is 0.370 e. The van der Waals surface area contributed by atoms with Gasteiger partial charge in [0.05, 0.1) is 17.0 Å². The molecule has 2 aliphatic heterocycles. The Kier molecular flexibility index (Phi) is 6.94. The average Bonchev–Trinajstić information content (AvgIpc) is 2.82. The van der Waals surface area contributed by atoms with E-state index in [0.717, 1.165) is 48.9 Å². The van der Waals surface area contributed by atoms with Crippen molar-refractivity contribution < 1.29 is 4.79 Å². The summed E-state index contributed by atoms with van der Waals surface area (Å²) < 4.78 is 0. The van der Waals surface area contributed by atoms with E-state index in [1.807, 2.05) is 23.1 Å². The van der Waals surface area contributed by atoms with Crippen LogP contribution in [0.15, 0.2) is 18.2 Å². The Hall–Kier alpha value is -2.59. The first kappa shape index (κ1) is 23.6. The number of nitrogens with one attached hydrogen (secondary N) is 2. The monoisotopic (exact) mass is 450 g/mol. The molecule has 178 valence electrons. The van der Waals surface area contributed by atoms with Crippen LogP contribution in [-0.4, -0.2) is 53.9 Å². The molecule has 33 heavy (non-hydrogen) atoms. The number of rotatable bonds is 5. The minimum atomic E-state index is -0.510. The molecule has 7 nitrogen and oxygen atoms in total. The molecule has 1 aromatic rings. The first-order valence-corrected chi connectivity index (χ1v) is 12.5. The predicted octanol–water partition coefficient (Wildman–Crippen LogP) is 2.93. The van der Waals surface area contributed by atoms with E-state index in [4.69, 9.17) is 11.1 Å². The number of amides is 1. The molecule has 1 aromatic carbocycles. The lowest BCUT2D eigenvalue weighted by molar-refractivity contribution is -0.142. The second-order valence-corrected chi connectivity index (χ2v) is 10.5. The highest BCUT2D eigenvalue weighted by atomic mass is 16.2. The number of nitrogens with two attached hydrogens (primary N) is 1. The number of nitrogens with zero attached hydrogens (tertiary/aromatic N) is 3. The van der Waals surface area contributed by atoms with Gasteiger partial charge in [-0.3, -0.25) is 10.2 Å². The Labute approximate surface area is 197 Å². The van der Waals surface area contributed by atoms with Gasteiger partial charge in [-0.25, -0.2) is 0 Å². The third-order valence-corrected chi connectivity index (χ3v) is 8.36. The molecule has 0 unspecified atom stereocenters. The zero-order valence-corrected chi connectivity index (χ0v) is 20.1. The number of nitriles is 1. The number of carbonyl (C=O) groups is 1. The van der Waals surface area contributed by atoms with E-state index in [2.05, 4.69) is 30.1 Å². The van der Waals surface area contributed by atoms with Gasteiger partial charge >= 0.3 is 0 Å². The van der Waals surface area contributed by atoms with Crippen LogP contribution in [0.2, 0.25) is 0 Å². The number of piperidine rings is 1. The van der Waals surface area contributed by atoms with Gasteiger partial charge < -0.3 is 20.9 Å². The molecule has 4 rings (SSSR count). The van der Waals surface area contributed by atoms with Crippen molar-refractivity contribution in [2.45, 2.75) is 70.4 Å². The molecule has 0 atom stereocenters. The molecular formula is C26H38N6O. The van der Waals surface area contributed by atoms with Gasteiger partial charge in [-0.1, -0.05) is 19.9 Å². The second-order valence-electron chi connectivity index (χ2n) is 10.5. The third kappa shape index (κ3) is 4.72. The van der Waals surface area contributed by atoms with E-state index in [1.165, 1.54) is 25.7 Å². The van der Waals surface area contributed by atoms with Crippen LogP contribution in [0.25, 0.3) is 0 Å². The van der Waals surface area contributed by atoms with Gasteiger partial charge in [0.2, 0.25) is 5.91 Å². The lowest BCUT2D eigenvalue weighted by atomic mass is 9.67. The van der Waals surface area contributed by atoms with Crippen molar-refractivity contribution in [2.75, 3.05) is 26.2 Å². The second kappa shape index (κ2) is 9.72. The number of carbonyl (C=O) groups excluding carboxylic acids is 1. The highest BCUT2D eigenvalue weighted by Crippen LogP contribution is 2.44. The minimum absolute atomic E-state index is 0.0816. The number of likely N-dealkylation sites (tertiary alicyclic amines) is 1. The maximum Gasteiger partial charge on any atom is 0.233 e. The highest BCUT2D eigenvalue weighted by molar-refractivity contribution is 5.90. The topological polar surface area (TPSA) is 109 Å². The van der Waals surface area contributed by atoms with Crippen LogP contribution >= 0.6 is 0 Å². The van der Waals surface area contributed by atoms with Crippen LogP contribution in [0.3, 0.4) is 0 Å². The molecule has 0 aromatic heterocycles. The summed E-state index contributed by atoms with van der Waals surface area (Å²) in [7, 11) is 0. The van der Waals surface area contributed by atoms with Gasteiger partial charge in [-0.15, -0.1) is 0 Å². The molecule has 2 heterocycles. The van der Waals surface area contributed by atoms with Crippen LogP contribution in [0, 0.1) is 28.6 Å². The predicted molar refractivity (Wildman–Crippen MR) is 130 cm³/mol. The summed E-state index contributed by atoms with van der Waals surface area (Å²) in [4.78, 5) is 18.4. The van der Waals surface area contributed by atoms with Crippen LogP contribution in [0.5, 0.6) is 0 Å². The van der Waals surface area contributed by atoms with E-state index in [-0.39, 0.29) is 11.9 Å². The summed E-state index contributed by atoms with van der Waals surface area (Å²) in [5, 5.41) is 19.6. The molecule has 1 saturated heterocycles. The van der Waals surface area contributed by atoms with E-state index < -0.39 is 5.41 Å². The third-order valence-electron chi connectivity index (χ3n) is 8.36. The molecular weight excluding hydrogens is 412 g/mol. The van der Waals surface area contributed by atoms with Crippen molar-refractivity contribution in [3.63, 3.8) is 0 Å². The molecule has 0 bridgehead atoms. The van der Waals surface area contributed by atoms with Crippen LogP contribution in [0.1, 0.15) is 69.1 Å². The fourth-order valence-electron chi connectivity index (χ4n) is 6.35. The van der Waals surface area contributed by atoms with Crippen molar-refractivity contribution in [1.29, 1.82) is 10.7 Å². The van der Waals surface area contributed by atoms with Crippen molar-refractivity contribution in [1.82, 2.24) is 15.1 Å². The SMILES string of the molecule is CC(C)C1CCC(N2CCC3(CC2)C(=O)N(CCNC(=N)N)Cc2cc(C#N)ccc23)CC1. The van der Waals surface area contributed by atoms with E-state index >= 15 is 0 Å². The van der Waals surface area contributed by atoms with Gasteiger partial charge in [-0.2, -0.15) is 5.26 Å². The van der Waals surface area contributed by atoms with Crippen LogP contribution in [0.4, 0.5) is 0 Å². The smallest absolute Gasteiger partial charge is 0.233 e. The van der Waals surface area contributed by atoms with E-state index in [9.17, 15) is 10.1 Å². The molecule has 1 spiro atoms. The van der Waals surface area contributed by atoms with E-state index in [0.29, 0.717) is 31.2 Å². The standard InChI is InChI=1S/C26H38N6O/c1-18(2)20-4-6-22(7-5-20)31-12-9-26(10-13-31)23-8-3-19(16-27)15-21(23)17-32(24(26)33)14-11-30-25(28)29/h3,8,15,18,20,22H,4-7,9-14,17H2,1-2H3,(H4,28,29,30). The summed E-state index contributed by atoms with van der Waals surface area (Å²) in [5.41, 5.74) is 7.76. The molecule has 1 amide bonds. The zero-order chi connectivity index (χ0) is 23.6. The Morgan fingerprint density at radius 2 is 1.97 bits per heavy atom. The van der Waals surface area contributed by atoms with Gasteiger partial charge in [0.25, 0.3) is 0 Å². The number of hydrogen-bond donors (Lipinski definition) is 3. The Morgan fingerprint density at radius 1 is 1.27 bits per heavy atom.